The van der Waals surface area contributed by atoms with Crippen molar-refractivity contribution >= 4 is 21.9 Å². The fraction of sp³-hybridized carbons (Fsp3) is 0.364. The molecule has 15 heavy (non-hydrogen) atoms. The predicted octanol–water partition coefficient (Wildman–Crippen LogP) is 2.70. The molecule has 1 rings (SSSR count). The second-order valence-electron chi connectivity index (χ2n) is 3.19. The van der Waals surface area contributed by atoms with Crippen molar-refractivity contribution in [2.75, 3.05) is 7.11 Å². The molecule has 1 atom stereocenters. The van der Waals surface area contributed by atoms with Crippen LogP contribution in [-0.2, 0) is 9.53 Å². The van der Waals surface area contributed by atoms with Crippen molar-refractivity contribution < 1.29 is 14.3 Å². The van der Waals surface area contributed by atoms with Crippen molar-refractivity contribution in [1.29, 1.82) is 0 Å². The van der Waals surface area contributed by atoms with Gasteiger partial charge in [-0.2, -0.15) is 0 Å². The molecule has 0 saturated heterocycles. The van der Waals surface area contributed by atoms with E-state index in [0.29, 0.717) is 5.75 Å². The molecule has 0 bridgehead atoms. The van der Waals surface area contributed by atoms with Crippen LogP contribution < -0.4 is 4.74 Å². The highest BCUT2D eigenvalue weighted by molar-refractivity contribution is 9.10. The van der Waals surface area contributed by atoms with E-state index in [1.54, 1.807) is 6.92 Å². The Kier molecular flexibility index (Phi) is 4.15. The van der Waals surface area contributed by atoms with Crippen LogP contribution in [0, 0.1) is 6.92 Å². The van der Waals surface area contributed by atoms with Gasteiger partial charge in [-0.05, 0) is 37.6 Å². The lowest BCUT2D eigenvalue weighted by Crippen LogP contribution is -2.25. The summed E-state index contributed by atoms with van der Waals surface area (Å²) in [6, 6.07) is 5.62. The first-order valence-electron chi connectivity index (χ1n) is 4.55. The summed E-state index contributed by atoms with van der Waals surface area (Å²) in [4.78, 5) is 11.1. The third-order valence-corrected chi connectivity index (χ3v) is 2.47. The van der Waals surface area contributed by atoms with Crippen molar-refractivity contribution in [1.82, 2.24) is 0 Å². The molecule has 0 spiro atoms. The molecule has 0 aliphatic heterocycles. The molecule has 82 valence electrons. The first-order valence-corrected chi connectivity index (χ1v) is 5.34. The number of carbonyl (C=O) groups is 1. The van der Waals surface area contributed by atoms with E-state index in [9.17, 15) is 4.79 Å². The van der Waals surface area contributed by atoms with Gasteiger partial charge in [-0.25, -0.2) is 4.79 Å². The number of methoxy groups -OCH3 is 1. The zero-order chi connectivity index (χ0) is 11.4. The Balaban J connectivity index is 2.76. The van der Waals surface area contributed by atoms with E-state index < -0.39 is 6.10 Å². The molecular weight excluding hydrogens is 260 g/mol. The summed E-state index contributed by atoms with van der Waals surface area (Å²) in [7, 11) is 1.34. The fourth-order valence-corrected chi connectivity index (χ4v) is 1.63. The third kappa shape index (κ3) is 3.23. The van der Waals surface area contributed by atoms with Crippen molar-refractivity contribution in [3.63, 3.8) is 0 Å². The van der Waals surface area contributed by atoms with Gasteiger partial charge in [0.2, 0.25) is 0 Å². The number of aryl methyl sites for hydroxylation is 1. The van der Waals surface area contributed by atoms with Gasteiger partial charge in [0.1, 0.15) is 5.75 Å². The number of benzene rings is 1. The molecule has 1 aromatic carbocycles. The van der Waals surface area contributed by atoms with Crippen molar-refractivity contribution in [2.45, 2.75) is 20.0 Å². The van der Waals surface area contributed by atoms with E-state index in [1.807, 2.05) is 25.1 Å². The average molecular weight is 273 g/mol. The minimum atomic E-state index is -0.588. The van der Waals surface area contributed by atoms with Crippen molar-refractivity contribution in [3.05, 3.63) is 28.2 Å². The van der Waals surface area contributed by atoms with Gasteiger partial charge in [-0.1, -0.05) is 15.9 Å². The Morgan fingerprint density at radius 2 is 2.13 bits per heavy atom. The third-order valence-electron chi connectivity index (χ3n) is 1.97. The number of rotatable bonds is 3. The summed E-state index contributed by atoms with van der Waals surface area (Å²) in [5.74, 6) is 0.313. The first-order chi connectivity index (χ1) is 7.04. The summed E-state index contributed by atoms with van der Waals surface area (Å²) in [6.07, 6.45) is -0.588. The standard InChI is InChI=1S/C11H13BrO3/c1-7-6-9(12)4-5-10(7)15-8(2)11(13)14-3/h4-6,8H,1-3H3. The summed E-state index contributed by atoms with van der Waals surface area (Å²) < 4.78 is 11.0. The second kappa shape index (κ2) is 5.16. The summed E-state index contributed by atoms with van der Waals surface area (Å²) >= 11 is 3.36. The van der Waals surface area contributed by atoms with E-state index in [2.05, 4.69) is 20.7 Å². The summed E-state index contributed by atoms with van der Waals surface area (Å²) in [5.41, 5.74) is 0.972. The van der Waals surface area contributed by atoms with Gasteiger partial charge in [-0.3, -0.25) is 0 Å². The van der Waals surface area contributed by atoms with Gasteiger partial charge < -0.3 is 9.47 Å². The van der Waals surface area contributed by atoms with Gasteiger partial charge in [0, 0.05) is 4.47 Å². The molecular formula is C11H13BrO3. The zero-order valence-corrected chi connectivity index (χ0v) is 10.5. The molecule has 1 unspecified atom stereocenters. The van der Waals surface area contributed by atoms with Gasteiger partial charge in [-0.15, -0.1) is 0 Å². The zero-order valence-electron chi connectivity index (χ0n) is 8.91. The van der Waals surface area contributed by atoms with E-state index in [0.717, 1.165) is 10.0 Å². The van der Waals surface area contributed by atoms with Crippen LogP contribution in [0.4, 0.5) is 0 Å². The maximum absolute atomic E-state index is 11.1. The maximum atomic E-state index is 11.1. The van der Waals surface area contributed by atoms with E-state index in [1.165, 1.54) is 7.11 Å². The Bertz CT molecular complexity index is 363. The summed E-state index contributed by atoms with van der Waals surface area (Å²) in [5, 5.41) is 0. The lowest BCUT2D eigenvalue weighted by Gasteiger charge is -2.14. The average Bonchev–Trinajstić information content (AvgIpc) is 2.20. The Hall–Kier alpha value is -1.03. The lowest BCUT2D eigenvalue weighted by atomic mass is 10.2. The molecule has 1 aromatic rings. The molecule has 0 aliphatic carbocycles. The topological polar surface area (TPSA) is 35.5 Å². The molecule has 3 nitrogen and oxygen atoms in total. The van der Waals surface area contributed by atoms with Crippen LogP contribution in [0.5, 0.6) is 5.75 Å². The number of halogens is 1. The smallest absolute Gasteiger partial charge is 0.346 e. The molecule has 0 heterocycles. The largest absolute Gasteiger partial charge is 0.479 e. The van der Waals surface area contributed by atoms with Crippen LogP contribution in [0.3, 0.4) is 0 Å². The molecule has 0 fully saturated rings. The molecule has 0 amide bonds. The van der Waals surface area contributed by atoms with Gasteiger partial charge in [0.25, 0.3) is 0 Å². The number of ether oxygens (including phenoxy) is 2. The quantitative estimate of drug-likeness (QED) is 0.794. The SMILES string of the molecule is COC(=O)C(C)Oc1ccc(Br)cc1C. The number of esters is 1. The molecule has 0 saturated carbocycles. The molecule has 0 aromatic heterocycles. The highest BCUT2D eigenvalue weighted by Crippen LogP contribution is 2.23. The number of hydrogen-bond donors (Lipinski definition) is 0. The molecule has 4 heteroatoms. The highest BCUT2D eigenvalue weighted by atomic mass is 79.9. The monoisotopic (exact) mass is 272 g/mol. The lowest BCUT2D eigenvalue weighted by molar-refractivity contribution is -0.147. The second-order valence-corrected chi connectivity index (χ2v) is 4.11. The Morgan fingerprint density at radius 1 is 1.47 bits per heavy atom. The predicted molar refractivity (Wildman–Crippen MR) is 61.0 cm³/mol. The van der Waals surface area contributed by atoms with Crippen LogP contribution in [0.1, 0.15) is 12.5 Å². The summed E-state index contributed by atoms with van der Waals surface area (Å²) in [6.45, 7) is 3.58. The van der Waals surface area contributed by atoms with Crippen LogP contribution in [-0.4, -0.2) is 19.2 Å². The number of carbonyl (C=O) groups excluding carboxylic acids is 1. The molecule has 0 aliphatic rings. The molecule has 0 radical (unpaired) electrons. The minimum Gasteiger partial charge on any atom is -0.479 e. The van der Waals surface area contributed by atoms with Gasteiger partial charge in [0.15, 0.2) is 6.10 Å². The van der Waals surface area contributed by atoms with Crippen LogP contribution in [0.25, 0.3) is 0 Å². The highest BCUT2D eigenvalue weighted by Gasteiger charge is 2.15. The van der Waals surface area contributed by atoms with Crippen LogP contribution in [0.15, 0.2) is 22.7 Å². The number of hydrogen-bond acceptors (Lipinski definition) is 3. The van der Waals surface area contributed by atoms with Crippen molar-refractivity contribution in [2.24, 2.45) is 0 Å². The first kappa shape index (κ1) is 12.0. The maximum Gasteiger partial charge on any atom is 0.346 e. The van der Waals surface area contributed by atoms with Gasteiger partial charge >= 0.3 is 5.97 Å². The van der Waals surface area contributed by atoms with E-state index >= 15 is 0 Å². The normalized spacial score (nSPS) is 12.0. The minimum absolute atomic E-state index is 0.377. The fourth-order valence-electron chi connectivity index (χ4n) is 1.15. The Labute approximate surface area is 97.5 Å². The van der Waals surface area contributed by atoms with Crippen LogP contribution >= 0.6 is 15.9 Å². The Morgan fingerprint density at radius 3 is 2.67 bits per heavy atom. The van der Waals surface area contributed by atoms with Gasteiger partial charge in [0.05, 0.1) is 7.11 Å². The van der Waals surface area contributed by atoms with Crippen molar-refractivity contribution in [3.8, 4) is 5.75 Å². The van der Waals surface area contributed by atoms with E-state index in [-0.39, 0.29) is 5.97 Å². The molecule has 0 N–H and O–H groups in total. The van der Waals surface area contributed by atoms with Crippen LogP contribution in [0.2, 0.25) is 0 Å². The van der Waals surface area contributed by atoms with E-state index in [4.69, 9.17) is 4.74 Å².